The number of H-pyrrole nitrogens is 1. The van der Waals surface area contributed by atoms with E-state index in [1.54, 1.807) is 9.80 Å². The Balaban J connectivity index is 1.50. The lowest BCUT2D eigenvalue weighted by Crippen LogP contribution is -3.27. The number of hydrogen-bond donors (Lipinski definition) is 2. The van der Waals surface area contributed by atoms with Crippen LogP contribution in [0.1, 0.15) is 11.1 Å². The number of quaternary nitrogens is 2. The Bertz CT molecular complexity index is 565. The quantitative estimate of drug-likeness (QED) is 0.761. The number of rotatable bonds is 4. The first kappa shape index (κ1) is 14.7. The van der Waals surface area contributed by atoms with Gasteiger partial charge in [-0.1, -0.05) is 34.1 Å². The van der Waals surface area contributed by atoms with Crippen molar-refractivity contribution < 1.29 is 14.8 Å². The predicted molar refractivity (Wildman–Crippen MR) is 85.9 cm³/mol. The maximum absolute atomic E-state index is 3.66. The smallest absolute Gasteiger partial charge is 0.167 e. The Morgan fingerprint density at radius 1 is 0.857 bits per heavy atom. The lowest BCUT2D eigenvalue weighted by atomic mass is 10.2. The van der Waals surface area contributed by atoms with Gasteiger partial charge < -0.3 is 9.80 Å². The highest BCUT2D eigenvalue weighted by molar-refractivity contribution is 9.10. The maximum atomic E-state index is 3.66. The van der Waals surface area contributed by atoms with E-state index in [1.165, 1.54) is 41.8 Å². The van der Waals surface area contributed by atoms with Crippen LogP contribution in [0.5, 0.6) is 0 Å². The normalized spacial score (nSPS) is 22.1. The van der Waals surface area contributed by atoms with Crippen LogP contribution in [0.25, 0.3) is 0 Å². The topological polar surface area (TPSA) is 23.0 Å². The second kappa shape index (κ2) is 7.16. The lowest BCUT2D eigenvalue weighted by molar-refractivity contribution is -1.02. The van der Waals surface area contributed by atoms with Gasteiger partial charge >= 0.3 is 0 Å². The molecule has 1 saturated heterocycles. The van der Waals surface area contributed by atoms with Gasteiger partial charge in [0.2, 0.25) is 0 Å². The molecule has 0 radical (unpaired) electrons. The number of aromatic amines is 1. The van der Waals surface area contributed by atoms with E-state index in [0.29, 0.717) is 0 Å². The molecule has 0 atom stereocenters. The van der Waals surface area contributed by atoms with Crippen molar-refractivity contribution in [3.8, 4) is 0 Å². The van der Waals surface area contributed by atoms with Crippen LogP contribution < -0.4 is 14.8 Å². The summed E-state index contributed by atoms with van der Waals surface area (Å²) < 4.78 is 1.24. The first-order valence-electron chi connectivity index (χ1n) is 7.67. The Labute approximate surface area is 134 Å². The molecule has 0 amide bonds. The molecule has 0 bridgehead atoms. The Morgan fingerprint density at radius 2 is 1.48 bits per heavy atom. The standard InChI is InChI=1S/C17H20BrN3/c18-17-4-2-1-3-16(17)14-21-11-9-20(10-12-21)13-15-5-7-19-8-6-15/h1-8H,9-14H2/p+3. The number of nitrogens with one attached hydrogen (secondary N) is 3. The van der Waals surface area contributed by atoms with Gasteiger partial charge in [-0.15, -0.1) is 0 Å². The molecule has 3 N–H and O–H groups in total. The van der Waals surface area contributed by atoms with E-state index < -0.39 is 0 Å². The molecule has 0 spiro atoms. The predicted octanol–water partition coefficient (Wildman–Crippen LogP) is -0.253. The van der Waals surface area contributed by atoms with Crippen molar-refractivity contribution >= 4 is 15.9 Å². The highest BCUT2D eigenvalue weighted by Gasteiger charge is 2.23. The summed E-state index contributed by atoms with van der Waals surface area (Å²) in [5, 5.41) is 0. The number of piperazine rings is 1. The zero-order valence-corrected chi connectivity index (χ0v) is 13.8. The van der Waals surface area contributed by atoms with Crippen molar-refractivity contribution in [2.24, 2.45) is 0 Å². The Morgan fingerprint density at radius 3 is 2.14 bits per heavy atom. The fraction of sp³-hybridized carbons (Fsp3) is 0.353. The SMILES string of the molecule is Brc1ccccc1C[NH+]1CC[NH+](Cc2cc[nH+]cc2)CC1. The van der Waals surface area contributed by atoms with E-state index in [4.69, 9.17) is 0 Å². The van der Waals surface area contributed by atoms with Crippen LogP contribution in [0.15, 0.2) is 53.3 Å². The fourth-order valence-electron chi connectivity index (χ4n) is 3.05. The van der Waals surface area contributed by atoms with Crippen LogP contribution in [-0.2, 0) is 13.1 Å². The summed E-state index contributed by atoms with van der Waals surface area (Å²) in [6, 6.07) is 13.0. The van der Waals surface area contributed by atoms with Gasteiger partial charge in [-0.3, -0.25) is 0 Å². The van der Waals surface area contributed by atoms with Crippen molar-refractivity contribution in [3.63, 3.8) is 0 Å². The third kappa shape index (κ3) is 4.13. The average molecular weight is 349 g/mol. The molecule has 0 unspecified atom stereocenters. The van der Waals surface area contributed by atoms with Crippen molar-refractivity contribution in [2.45, 2.75) is 13.1 Å². The van der Waals surface area contributed by atoms with E-state index in [9.17, 15) is 0 Å². The molecule has 3 nitrogen and oxygen atoms in total. The van der Waals surface area contributed by atoms with E-state index in [2.05, 4.69) is 57.3 Å². The Hall–Kier alpha value is -1.23. The number of aromatic nitrogens is 1. The van der Waals surface area contributed by atoms with Crippen molar-refractivity contribution in [3.05, 3.63) is 64.4 Å². The molecule has 4 heteroatoms. The highest BCUT2D eigenvalue weighted by atomic mass is 79.9. The monoisotopic (exact) mass is 348 g/mol. The van der Waals surface area contributed by atoms with Crippen molar-refractivity contribution in [1.29, 1.82) is 0 Å². The minimum Gasteiger partial charge on any atom is -0.322 e. The first-order chi connectivity index (χ1) is 10.3. The highest BCUT2D eigenvalue weighted by Crippen LogP contribution is 2.14. The molecule has 1 aromatic heterocycles. The molecular weight excluding hydrogens is 326 g/mol. The number of pyridine rings is 1. The summed E-state index contributed by atoms with van der Waals surface area (Å²) in [6.45, 7) is 7.33. The van der Waals surface area contributed by atoms with Gasteiger partial charge in [-0.25, -0.2) is 4.98 Å². The van der Waals surface area contributed by atoms with Gasteiger partial charge in [0.15, 0.2) is 12.4 Å². The van der Waals surface area contributed by atoms with Crippen molar-refractivity contribution in [2.75, 3.05) is 26.2 Å². The van der Waals surface area contributed by atoms with Crippen LogP contribution in [-0.4, -0.2) is 26.2 Å². The first-order valence-corrected chi connectivity index (χ1v) is 8.46. The fourth-order valence-corrected chi connectivity index (χ4v) is 3.47. The molecular formula is C17H23BrN3+3. The zero-order chi connectivity index (χ0) is 14.5. The minimum absolute atomic E-state index is 1.13. The maximum Gasteiger partial charge on any atom is 0.167 e. The van der Waals surface area contributed by atoms with E-state index in [1.807, 2.05) is 12.4 Å². The molecule has 2 heterocycles. The molecule has 1 fully saturated rings. The van der Waals surface area contributed by atoms with Gasteiger partial charge in [0, 0.05) is 27.7 Å². The van der Waals surface area contributed by atoms with Gasteiger partial charge in [0.1, 0.15) is 39.3 Å². The minimum atomic E-state index is 1.13. The molecule has 3 rings (SSSR count). The molecule has 21 heavy (non-hydrogen) atoms. The number of benzene rings is 1. The van der Waals surface area contributed by atoms with E-state index >= 15 is 0 Å². The molecule has 110 valence electrons. The Kier molecular flexibility index (Phi) is 5.01. The molecule has 1 aromatic carbocycles. The lowest BCUT2D eigenvalue weighted by Gasteiger charge is -2.29. The number of hydrogen-bond acceptors (Lipinski definition) is 0. The third-order valence-electron chi connectivity index (χ3n) is 4.30. The van der Waals surface area contributed by atoms with Gasteiger partial charge in [-0.05, 0) is 6.07 Å². The van der Waals surface area contributed by atoms with Gasteiger partial charge in [0.05, 0.1) is 0 Å². The number of halogens is 1. The summed E-state index contributed by atoms with van der Waals surface area (Å²) in [4.78, 5) is 6.50. The second-order valence-electron chi connectivity index (χ2n) is 5.85. The van der Waals surface area contributed by atoms with Crippen LogP contribution in [0.4, 0.5) is 0 Å². The van der Waals surface area contributed by atoms with Crippen LogP contribution in [0.3, 0.4) is 0 Å². The van der Waals surface area contributed by atoms with E-state index in [-0.39, 0.29) is 0 Å². The van der Waals surface area contributed by atoms with Crippen LogP contribution in [0.2, 0.25) is 0 Å². The molecule has 1 aliphatic heterocycles. The van der Waals surface area contributed by atoms with E-state index in [0.717, 1.165) is 13.1 Å². The second-order valence-corrected chi connectivity index (χ2v) is 6.71. The van der Waals surface area contributed by atoms with Crippen molar-refractivity contribution in [1.82, 2.24) is 0 Å². The summed E-state index contributed by atoms with van der Waals surface area (Å²) in [6.07, 6.45) is 4.03. The van der Waals surface area contributed by atoms with Crippen LogP contribution >= 0.6 is 15.9 Å². The third-order valence-corrected chi connectivity index (χ3v) is 5.08. The van der Waals surface area contributed by atoms with Gasteiger partial charge in [0.25, 0.3) is 0 Å². The summed E-state index contributed by atoms with van der Waals surface area (Å²) in [5.74, 6) is 0. The summed E-state index contributed by atoms with van der Waals surface area (Å²) in [7, 11) is 0. The molecule has 0 saturated carbocycles. The summed E-state index contributed by atoms with van der Waals surface area (Å²) >= 11 is 3.66. The molecule has 1 aliphatic rings. The molecule has 2 aromatic rings. The van der Waals surface area contributed by atoms with Gasteiger partial charge in [-0.2, -0.15) is 0 Å². The molecule has 0 aliphatic carbocycles. The zero-order valence-electron chi connectivity index (χ0n) is 12.2. The largest absolute Gasteiger partial charge is 0.322 e. The average Bonchev–Trinajstić information content (AvgIpc) is 2.52. The summed E-state index contributed by atoms with van der Waals surface area (Å²) in [5.41, 5.74) is 2.85. The van der Waals surface area contributed by atoms with Crippen LogP contribution in [0, 0.1) is 0 Å².